The summed E-state index contributed by atoms with van der Waals surface area (Å²) in [6.07, 6.45) is 1.13. The molecular formula is C12H16BrNO2S. The summed E-state index contributed by atoms with van der Waals surface area (Å²) < 4.78 is 6.34. The van der Waals surface area contributed by atoms with Gasteiger partial charge in [-0.3, -0.25) is 4.79 Å². The van der Waals surface area contributed by atoms with E-state index >= 15 is 0 Å². The minimum Gasteiger partial charge on any atom is -0.381 e. The van der Waals surface area contributed by atoms with Gasteiger partial charge in [0.15, 0.2) is 0 Å². The maximum atomic E-state index is 12.0. The zero-order chi connectivity index (χ0) is 12.6. The molecule has 2 unspecified atom stereocenters. The van der Waals surface area contributed by atoms with Crippen LogP contribution in [0, 0.1) is 5.41 Å². The third-order valence-corrected chi connectivity index (χ3v) is 5.19. The first-order valence-corrected chi connectivity index (χ1v) is 7.15. The minimum atomic E-state index is 0.00771. The van der Waals surface area contributed by atoms with Crippen LogP contribution in [0.25, 0.3) is 0 Å². The van der Waals surface area contributed by atoms with Crippen molar-refractivity contribution in [3.8, 4) is 0 Å². The van der Waals surface area contributed by atoms with Gasteiger partial charge in [0.2, 0.25) is 0 Å². The lowest BCUT2D eigenvalue weighted by atomic mass is 9.64. The average molecular weight is 318 g/mol. The van der Waals surface area contributed by atoms with Crippen molar-refractivity contribution in [2.75, 3.05) is 7.11 Å². The number of amides is 1. The number of methoxy groups -OCH3 is 1. The molecule has 0 saturated heterocycles. The lowest BCUT2D eigenvalue weighted by molar-refractivity contribution is -0.0942. The summed E-state index contributed by atoms with van der Waals surface area (Å²) in [5.74, 6) is 0.00771. The minimum absolute atomic E-state index is 0.00771. The highest BCUT2D eigenvalue weighted by atomic mass is 79.9. The SMILES string of the molecule is COC1CC(NC(=O)c2ccc(Br)s2)C1(C)C. The smallest absolute Gasteiger partial charge is 0.261 e. The number of halogens is 1. The van der Waals surface area contributed by atoms with Crippen molar-refractivity contribution in [1.29, 1.82) is 0 Å². The van der Waals surface area contributed by atoms with Gasteiger partial charge in [-0.05, 0) is 34.5 Å². The lowest BCUT2D eigenvalue weighted by Gasteiger charge is -2.51. The number of thiophene rings is 1. The molecule has 1 aromatic rings. The summed E-state index contributed by atoms with van der Waals surface area (Å²) in [6.45, 7) is 4.25. The summed E-state index contributed by atoms with van der Waals surface area (Å²) in [6, 6.07) is 3.92. The Hall–Kier alpha value is -0.390. The van der Waals surface area contributed by atoms with Gasteiger partial charge in [-0.25, -0.2) is 0 Å². The van der Waals surface area contributed by atoms with Crippen LogP contribution in [0.1, 0.15) is 29.9 Å². The van der Waals surface area contributed by atoms with Crippen LogP contribution < -0.4 is 5.32 Å². The van der Waals surface area contributed by atoms with E-state index in [0.717, 1.165) is 15.1 Å². The topological polar surface area (TPSA) is 38.3 Å². The van der Waals surface area contributed by atoms with Gasteiger partial charge in [0.1, 0.15) is 0 Å². The summed E-state index contributed by atoms with van der Waals surface area (Å²) in [5, 5.41) is 3.07. The molecule has 1 heterocycles. The van der Waals surface area contributed by atoms with Gasteiger partial charge in [-0.15, -0.1) is 11.3 Å². The van der Waals surface area contributed by atoms with Crippen molar-refractivity contribution >= 4 is 33.2 Å². The van der Waals surface area contributed by atoms with E-state index in [1.54, 1.807) is 7.11 Å². The standard InChI is InChI=1S/C12H16BrNO2S/c1-12(2)8(6-9(12)16-3)14-11(15)7-4-5-10(13)17-7/h4-5,8-9H,6H2,1-3H3,(H,14,15). The van der Waals surface area contributed by atoms with Crippen molar-refractivity contribution in [2.24, 2.45) is 5.41 Å². The Morgan fingerprint density at radius 1 is 1.59 bits per heavy atom. The molecule has 2 rings (SSSR count). The number of ether oxygens (including phenoxy) is 1. The second-order valence-electron chi connectivity index (χ2n) is 4.91. The molecule has 17 heavy (non-hydrogen) atoms. The quantitative estimate of drug-likeness (QED) is 0.930. The second-order valence-corrected chi connectivity index (χ2v) is 7.37. The summed E-state index contributed by atoms with van der Waals surface area (Å²) >= 11 is 4.81. The molecule has 0 aliphatic heterocycles. The Labute approximate surface area is 114 Å². The lowest BCUT2D eigenvalue weighted by Crippen LogP contribution is -2.61. The third kappa shape index (κ3) is 2.41. The Balaban J connectivity index is 1.97. The Bertz CT molecular complexity index is 430. The van der Waals surface area contributed by atoms with Crippen molar-refractivity contribution < 1.29 is 9.53 Å². The summed E-state index contributed by atoms with van der Waals surface area (Å²) in [7, 11) is 1.72. The second kappa shape index (κ2) is 4.71. The highest BCUT2D eigenvalue weighted by Crippen LogP contribution is 2.42. The van der Waals surface area contributed by atoms with Gasteiger partial charge in [0.05, 0.1) is 14.8 Å². The maximum absolute atomic E-state index is 12.0. The maximum Gasteiger partial charge on any atom is 0.261 e. The van der Waals surface area contributed by atoms with Crippen LogP contribution in [-0.4, -0.2) is 25.2 Å². The molecule has 1 N–H and O–H groups in total. The molecular weight excluding hydrogens is 302 g/mol. The molecule has 0 spiro atoms. The van der Waals surface area contributed by atoms with E-state index in [-0.39, 0.29) is 23.5 Å². The predicted molar refractivity (Wildman–Crippen MR) is 72.5 cm³/mol. The molecule has 0 radical (unpaired) electrons. The molecule has 3 nitrogen and oxygen atoms in total. The van der Waals surface area contributed by atoms with Crippen molar-refractivity contribution in [3.05, 3.63) is 20.8 Å². The van der Waals surface area contributed by atoms with E-state index in [2.05, 4.69) is 35.1 Å². The molecule has 1 fully saturated rings. The molecule has 5 heteroatoms. The number of nitrogens with one attached hydrogen (secondary N) is 1. The molecule has 1 aliphatic rings. The fourth-order valence-electron chi connectivity index (χ4n) is 2.20. The van der Waals surface area contributed by atoms with E-state index in [1.165, 1.54) is 11.3 Å². The van der Waals surface area contributed by atoms with Gasteiger partial charge in [-0.1, -0.05) is 13.8 Å². The van der Waals surface area contributed by atoms with Crippen LogP contribution in [0.2, 0.25) is 0 Å². The number of carbonyl (C=O) groups excluding carboxylic acids is 1. The zero-order valence-electron chi connectivity index (χ0n) is 10.1. The van der Waals surface area contributed by atoms with E-state index in [4.69, 9.17) is 4.74 Å². The fourth-order valence-corrected chi connectivity index (χ4v) is 3.49. The van der Waals surface area contributed by atoms with Crippen LogP contribution in [0.3, 0.4) is 0 Å². The molecule has 1 amide bonds. The molecule has 0 aromatic carbocycles. The predicted octanol–water partition coefficient (Wildman–Crippen LogP) is 3.05. The van der Waals surface area contributed by atoms with Crippen LogP contribution in [0.15, 0.2) is 15.9 Å². The van der Waals surface area contributed by atoms with Crippen molar-refractivity contribution in [2.45, 2.75) is 32.4 Å². The first kappa shape index (κ1) is 13.1. The zero-order valence-corrected chi connectivity index (χ0v) is 12.5. The highest BCUT2D eigenvalue weighted by molar-refractivity contribution is 9.11. The van der Waals surface area contributed by atoms with Crippen LogP contribution in [-0.2, 0) is 4.74 Å². The number of rotatable bonds is 3. The average Bonchev–Trinajstić information content (AvgIpc) is 2.70. The molecule has 1 saturated carbocycles. The molecule has 0 bridgehead atoms. The first-order valence-electron chi connectivity index (χ1n) is 5.54. The van der Waals surface area contributed by atoms with Crippen molar-refractivity contribution in [3.63, 3.8) is 0 Å². The number of hydrogen-bond acceptors (Lipinski definition) is 3. The Kier molecular flexibility index (Phi) is 3.61. The molecule has 1 aliphatic carbocycles. The molecule has 1 aromatic heterocycles. The van der Waals surface area contributed by atoms with Gasteiger partial charge in [0.25, 0.3) is 5.91 Å². The van der Waals surface area contributed by atoms with Gasteiger partial charge in [0, 0.05) is 18.6 Å². The van der Waals surface area contributed by atoms with Gasteiger partial charge in [-0.2, -0.15) is 0 Å². The Morgan fingerprint density at radius 3 is 2.76 bits per heavy atom. The Morgan fingerprint density at radius 2 is 2.29 bits per heavy atom. The largest absolute Gasteiger partial charge is 0.381 e. The van der Waals surface area contributed by atoms with E-state index < -0.39 is 0 Å². The van der Waals surface area contributed by atoms with Crippen LogP contribution in [0.4, 0.5) is 0 Å². The van der Waals surface area contributed by atoms with Crippen LogP contribution in [0.5, 0.6) is 0 Å². The first-order chi connectivity index (χ1) is 7.95. The molecule has 94 valence electrons. The summed E-state index contributed by atoms with van der Waals surface area (Å²) in [5.41, 5.74) is 0.0128. The number of carbonyl (C=O) groups is 1. The van der Waals surface area contributed by atoms with Gasteiger partial charge < -0.3 is 10.1 Å². The fraction of sp³-hybridized carbons (Fsp3) is 0.583. The van der Waals surface area contributed by atoms with Crippen molar-refractivity contribution in [1.82, 2.24) is 5.32 Å². The summed E-state index contributed by atoms with van der Waals surface area (Å²) in [4.78, 5) is 12.7. The van der Waals surface area contributed by atoms with E-state index in [0.29, 0.717) is 0 Å². The highest BCUT2D eigenvalue weighted by Gasteiger charge is 2.49. The normalized spacial score (nSPS) is 26.4. The van der Waals surface area contributed by atoms with Crippen LogP contribution >= 0.6 is 27.3 Å². The third-order valence-electron chi connectivity index (χ3n) is 3.56. The van der Waals surface area contributed by atoms with E-state index in [9.17, 15) is 4.79 Å². The van der Waals surface area contributed by atoms with E-state index in [1.807, 2.05) is 12.1 Å². The molecule has 2 atom stereocenters. The van der Waals surface area contributed by atoms with Gasteiger partial charge >= 0.3 is 0 Å². The number of hydrogen-bond donors (Lipinski definition) is 1. The monoisotopic (exact) mass is 317 g/mol.